The Labute approximate surface area is 110 Å². The number of nitrogens with one attached hydrogen (secondary N) is 1. The van der Waals surface area contributed by atoms with Crippen LogP contribution in [0.15, 0.2) is 41.8 Å². The number of rotatable bonds is 6. The Bertz CT molecular complexity index is 472. The number of halogens is 1. The maximum absolute atomic E-state index is 13.3. The Morgan fingerprint density at radius 2 is 2.11 bits per heavy atom. The molecule has 96 valence electrons. The number of thiophene rings is 1. The van der Waals surface area contributed by atoms with Gasteiger partial charge in [-0.3, -0.25) is 0 Å². The summed E-state index contributed by atoms with van der Waals surface area (Å²) >= 11 is 1.72. The van der Waals surface area contributed by atoms with E-state index in [2.05, 4.69) is 23.7 Å². The smallest absolute Gasteiger partial charge is 0.165 e. The van der Waals surface area contributed by atoms with Gasteiger partial charge in [0, 0.05) is 17.5 Å². The third-order valence-corrected chi connectivity index (χ3v) is 3.67. The molecule has 2 aromatic rings. The highest BCUT2D eigenvalue weighted by molar-refractivity contribution is 7.10. The largest absolute Gasteiger partial charge is 0.489 e. The van der Waals surface area contributed by atoms with E-state index in [4.69, 9.17) is 4.74 Å². The molecule has 1 heterocycles. The fraction of sp³-hybridized carbons (Fsp3) is 0.286. The Hall–Kier alpha value is -1.39. The summed E-state index contributed by atoms with van der Waals surface area (Å²) < 4.78 is 18.6. The molecule has 1 aromatic heterocycles. The number of benzene rings is 1. The molecule has 18 heavy (non-hydrogen) atoms. The summed E-state index contributed by atoms with van der Waals surface area (Å²) in [4.78, 5) is 1.29. The molecule has 0 aliphatic carbocycles. The van der Waals surface area contributed by atoms with Crippen molar-refractivity contribution in [2.45, 2.75) is 13.0 Å². The minimum absolute atomic E-state index is 0.300. The van der Waals surface area contributed by atoms with Crippen LogP contribution in [0.3, 0.4) is 0 Å². The standard InChI is InChI=1S/C14H16FNOS/c1-11(14-7-4-10-18-14)16-8-9-17-13-6-3-2-5-12(13)15/h2-7,10-11,16H,8-9H2,1H3. The van der Waals surface area contributed by atoms with Gasteiger partial charge in [-0.05, 0) is 30.5 Å². The SMILES string of the molecule is CC(NCCOc1ccccc1F)c1cccs1. The minimum Gasteiger partial charge on any atom is -0.489 e. The van der Waals surface area contributed by atoms with Crippen molar-refractivity contribution >= 4 is 11.3 Å². The second-order valence-corrected chi connectivity index (χ2v) is 4.95. The Kier molecular flexibility index (Phi) is 4.73. The van der Waals surface area contributed by atoms with E-state index in [1.54, 1.807) is 29.5 Å². The molecular weight excluding hydrogens is 249 g/mol. The first-order valence-corrected chi connectivity index (χ1v) is 6.79. The first kappa shape index (κ1) is 13.1. The highest BCUT2D eigenvalue weighted by Gasteiger charge is 2.05. The lowest BCUT2D eigenvalue weighted by Crippen LogP contribution is -2.23. The van der Waals surface area contributed by atoms with Crippen LogP contribution in [0.25, 0.3) is 0 Å². The summed E-state index contributed by atoms with van der Waals surface area (Å²) in [5.41, 5.74) is 0. The lowest BCUT2D eigenvalue weighted by atomic mass is 10.3. The zero-order valence-corrected chi connectivity index (χ0v) is 11.0. The van der Waals surface area contributed by atoms with Crippen LogP contribution >= 0.6 is 11.3 Å². The first-order valence-electron chi connectivity index (χ1n) is 5.91. The van der Waals surface area contributed by atoms with E-state index in [0.717, 1.165) is 0 Å². The molecule has 0 fully saturated rings. The van der Waals surface area contributed by atoms with E-state index in [1.165, 1.54) is 10.9 Å². The van der Waals surface area contributed by atoms with Crippen molar-refractivity contribution in [3.8, 4) is 5.75 Å². The van der Waals surface area contributed by atoms with Gasteiger partial charge in [0.05, 0.1) is 0 Å². The van der Waals surface area contributed by atoms with Crippen molar-refractivity contribution in [3.05, 3.63) is 52.5 Å². The molecule has 1 atom stereocenters. The van der Waals surface area contributed by atoms with Gasteiger partial charge in [0.15, 0.2) is 11.6 Å². The minimum atomic E-state index is -0.316. The van der Waals surface area contributed by atoms with Gasteiger partial charge in [0.1, 0.15) is 6.61 Å². The summed E-state index contributed by atoms with van der Waals surface area (Å²) in [6.07, 6.45) is 0. The average Bonchev–Trinajstić information content (AvgIpc) is 2.90. The van der Waals surface area contributed by atoms with Crippen LogP contribution in [-0.4, -0.2) is 13.2 Å². The molecule has 0 bridgehead atoms. The van der Waals surface area contributed by atoms with Gasteiger partial charge in [-0.1, -0.05) is 18.2 Å². The number of hydrogen-bond acceptors (Lipinski definition) is 3. The number of hydrogen-bond donors (Lipinski definition) is 1. The molecule has 0 radical (unpaired) electrons. The summed E-state index contributed by atoms with van der Waals surface area (Å²) in [6.45, 7) is 3.25. The summed E-state index contributed by atoms with van der Waals surface area (Å²) in [7, 11) is 0. The van der Waals surface area contributed by atoms with Gasteiger partial charge in [0.2, 0.25) is 0 Å². The monoisotopic (exact) mass is 265 g/mol. The predicted molar refractivity (Wildman–Crippen MR) is 72.6 cm³/mol. The molecule has 1 aromatic carbocycles. The first-order chi connectivity index (χ1) is 8.77. The van der Waals surface area contributed by atoms with Crippen LogP contribution in [0.5, 0.6) is 5.75 Å². The van der Waals surface area contributed by atoms with E-state index < -0.39 is 0 Å². The van der Waals surface area contributed by atoms with E-state index in [1.807, 2.05) is 6.07 Å². The molecule has 0 aliphatic heterocycles. The average molecular weight is 265 g/mol. The molecule has 1 unspecified atom stereocenters. The van der Waals surface area contributed by atoms with Crippen LogP contribution in [-0.2, 0) is 0 Å². The van der Waals surface area contributed by atoms with Crippen LogP contribution in [0, 0.1) is 5.82 Å². The van der Waals surface area contributed by atoms with Gasteiger partial charge in [-0.2, -0.15) is 0 Å². The van der Waals surface area contributed by atoms with Crippen molar-refractivity contribution in [3.63, 3.8) is 0 Å². The van der Waals surface area contributed by atoms with Crippen molar-refractivity contribution in [2.75, 3.05) is 13.2 Å². The molecule has 2 rings (SSSR count). The normalized spacial score (nSPS) is 12.3. The van der Waals surface area contributed by atoms with Crippen LogP contribution in [0.2, 0.25) is 0 Å². The summed E-state index contributed by atoms with van der Waals surface area (Å²) in [6, 6.07) is 10.9. The Balaban J connectivity index is 1.72. The fourth-order valence-corrected chi connectivity index (χ4v) is 2.40. The summed E-state index contributed by atoms with van der Waals surface area (Å²) in [5, 5.41) is 5.40. The third kappa shape index (κ3) is 3.55. The molecule has 0 saturated carbocycles. The highest BCUT2D eigenvalue weighted by atomic mass is 32.1. The fourth-order valence-electron chi connectivity index (χ4n) is 1.64. The third-order valence-electron chi connectivity index (χ3n) is 2.62. The van der Waals surface area contributed by atoms with Crippen LogP contribution in [0.4, 0.5) is 4.39 Å². The second kappa shape index (κ2) is 6.52. The second-order valence-electron chi connectivity index (χ2n) is 3.97. The van der Waals surface area contributed by atoms with Crippen molar-refractivity contribution in [2.24, 2.45) is 0 Å². The Morgan fingerprint density at radius 3 is 2.83 bits per heavy atom. The summed E-state index contributed by atoms with van der Waals surface area (Å²) in [5.74, 6) is -0.00752. The highest BCUT2D eigenvalue weighted by Crippen LogP contribution is 2.18. The predicted octanol–water partition coefficient (Wildman–Crippen LogP) is 3.62. The van der Waals surface area contributed by atoms with E-state index in [9.17, 15) is 4.39 Å². The van der Waals surface area contributed by atoms with Gasteiger partial charge in [0.25, 0.3) is 0 Å². The van der Waals surface area contributed by atoms with Crippen molar-refractivity contribution < 1.29 is 9.13 Å². The number of para-hydroxylation sites is 1. The molecule has 0 aliphatic rings. The maximum atomic E-state index is 13.3. The van der Waals surface area contributed by atoms with E-state index >= 15 is 0 Å². The van der Waals surface area contributed by atoms with Crippen molar-refractivity contribution in [1.82, 2.24) is 5.32 Å². The molecule has 4 heteroatoms. The Morgan fingerprint density at radius 1 is 1.28 bits per heavy atom. The van der Waals surface area contributed by atoms with Gasteiger partial charge >= 0.3 is 0 Å². The van der Waals surface area contributed by atoms with Crippen LogP contribution in [0.1, 0.15) is 17.8 Å². The van der Waals surface area contributed by atoms with Crippen LogP contribution < -0.4 is 10.1 Å². The quantitative estimate of drug-likeness (QED) is 0.805. The van der Waals surface area contributed by atoms with Gasteiger partial charge in [-0.15, -0.1) is 11.3 Å². The van der Waals surface area contributed by atoms with Crippen molar-refractivity contribution in [1.29, 1.82) is 0 Å². The van der Waals surface area contributed by atoms with Gasteiger partial charge < -0.3 is 10.1 Å². The van der Waals surface area contributed by atoms with E-state index in [-0.39, 0.29) is 5.82 Å². The molecule has 1 N–H and O–H groups in total. The van der Waals surface area contributed by atoms with Gasteiger partial charge in [-0.25, -0.2) is 4.39 Å². The molecule has 0 amide bonds. The lowest BCUT2D eigenvalue weighted by Gasteiger charge is -2.12. The zero-order valence-electron chi connectivity index (χ0n) is 10.2. The molecular formula is C14H16FNOS. The van der Waals surface area contributed by atoms with E-state index in [0.29, 0.717) is 24.9 Å². The number of ether oxygens (including phenoxy) is 1. The molecule has 0 saturated heterocycles. The zero-order chi connectivity index (χ0) is 12.8. The topological polar surface area (TPSA) is 21.3 Å². The maximum Gasteiger partial charge on any atom is 0.165 e. The molecule has 2 nitrogen and oxygen atoms in total. The molecule has 0 spiro atoms. The lowest BCUT2D eigenvalue weighted by molar-refractivity contribution is 0.293.